The van der Waals surface area contributed by atoms with Gasteiger partial charge in [0.25, 0.3) is 0 Å². The van der Waals surface area contributed by atoms with Crippen LogP contribution in [0.2, 0.25) is 0 Å². The molecule has 0 aliphatic rings. The maximum absolute atomic E-state index is 11.6. The lowest BCUT2D eigenvalue weighted by Gasteiger charge is -2.12. The number of aryl methyl sites for hydroxylation is 1. The van der Waals surface area contributed by atoms with Gasteiger partial charge in [-0.25, -0.2) is 9.48 Å². The Hall–Kier alpha value is -1.27. The lowest BCUT2D eigenvalue weighted by atomic mass is 10.1. The number of carboxylic acid groups (broad SMARTS) is 1. The topological polar surface area (TPSA) is 55.1 Å². The first-order valence-corrected chi connectivity index (χ1v) is 7.96. The van der Waals surface area contributed by atoms with Gasteiger partial charge in [-0.3, -0.25) is 0 Å². The molecule has 0 atom stereocenters. The number of nitrogens with zero attached hydrogens (tertiary/aromatic N) is 2. The number of carbonyl (C=O) groups is 1. The molecule has 0 unspecified atom stereocenters. The van der Waals surface area contributed by atoms with Gasteiger partial charge in [0, 0.05) is 4.90 Å². The lowest BCUT2D eigenvalue weighted by molar-refractivity contribution is 0.0693. The average molecular weight is 355 g/mol. The largest absolute Gasteiger partial charge is 0.478 e. The van der Waals surface area contributed by atoms with E-state index in [-0.39, 0.29) is 0 Å². The Morgan fingerprint density at radius 2 is 2.15 bits per heavy atom. The molecule has 106 valence electrons. The average Bonchev–Trinajstić information content (AvgIpc) is 2.66. The monoisotopic (exact) mass is 354 g/mol. The first-order valence-electron chi connectivity index (χ1n) is 6.18. The predicted octanol–water partition coefficient (Wildman–Crippen LogP) is 4.06. The zero-order valence-corrected chi connectivity index (χ0v) is 13.9. The van der Waals surface area contributed by atoms with Crippen LogP contribution in [-0.2, 0) is 0 Å². The third-order valence-corrected chi connectivity index (χ3v) is 5.04. The number of rotatable bonds is 4. The van der Waals surface area contributed by atoms with Crippen molar-refractivity contribution in [1.29, 1.82) is 0 Å². The Morgan fingerprint density at radius 3 is 2.65 bits per heavy atom. The number of aromatic carboxylic acids is 1. The molecule has 1 N–H and O–H groups in total. The first-order chi connectivity index (χ1) is 9.47. The van der Waals surface area contributed by atoms with Gasteiger partial charge in [-0.1, -0.05) is 13.0 Å². The molecule has 6 heteroatoms. The van der Waals surface area contributed by atoms with E-state index < -0.39 is 5.97 Å². The molecule has 0 aliphatic heterocycles. The van der Waals surface area contributed by atoms with Crippen molar-refractivity contribution in [2.45, 2.75) is 25.7 Å². The molecule has 4 nitrogen and oxygen atoms in total. The Bertz CT molecular complexity index is 667. The van der Waals surface area contributed by atoms with E-state index in [0.717, 1.165) is 26.5 Å². The summed E-state index contributed by atoms with van der Waals surface area (Å²) in [6.07, 6.45) is 0. The molecule has 2 rings (SSSR count). The summed E-state index contributed by atoms with van der Waals surface area (Å²) in [5.41, 5.74) is 2.63. The summed E-state index contributed by atoms with van der Waals surface area (Å²) in [4.78, 5) is 12.4. The molecule has 1 heterocycles. The fourth-order valence-corrected chi connectivity index (χ4v) is 3.11. The molecular formula is C14H15BrN2O2S. The molecule has 1 aromatic carbocycles. The summed E-state index contributed by atoms with van der Waals surface area (Å²) >= 11 is 4.99. The third kappa shape index (κ3) is 2.62. The van der Waals surface area contributed by atoms with E-state index in [4.69, 9.17) is 0 Å². The second kappa shape index (κ2) is 6.01. The number of benzene rings is 1. The number of aromatic nitrogens is 2. The zero-order chi connectivity index (χ0) is 14.9. The Labute approximate surface area is 130 Å². The van der Waals surface area contributed by atoms with Gasteiger partial charge in [0.1, 0.15) is 0 Å². The second-order valence-electron chi connectivity index (χ2n) is 4.29. The fraction of sp³-hybridized carbons (Fsp3) is 0.286. The minimum absolute atomic E-state index is 0.303. The number of halogens is 1. The molecule has 20 heavy (non-hydrogen) atoms. The predicted molar refractivity (Wildman–Crippen MR) is 84.1 cm³/mol. The third-order valence-electron chi connectivity index (χ3n) is 2.95. The molecule has 0 bridgehead atoms. The standard InChI is InChI=1S/C14H15BrN2O2S/c1-4-20-11-7-5-6-10(12(11)14(18)19)17-9(3)13(15)8(2)16-17/h5-7H,4H2,1-3H3,(H,18,19). The molecule has 0 radical (unpaired) electrons. The van der Waals surface area contributed by atoms with Crippen LogP contribution in [0.4, 0.5) is 0 Å². The molecule has 2 aromatic rings. The summed E-state index contributed by atoms with van der Waals surface area (Å²) in [5, 5.41) is 14.0. The summed E-state index contributed by atoms with van der Waals surface area (Å²) in [6, 6.07) is 5.49. The number of carboxylic acids is 1. The van der Waals surface area contributed by atoms with E-state index in [2.05, 4.69) is 21.0 Å². The Balaban J connectivity index is 2.70. The van der Waals surface area contributed by atoms with Crippen molar-refractivity contribution in [3.8, 4) is 5.69 Å². The highest BCUT2D eigenvalue weighted by molar-refractivity contribution is 9.10. The van der Waals surface area contributed by atoms with Crippen LogP contribution in [0, 0.1) is 13.8 Å². The van der Waals surface area contributed by atoms with Crippen molar-refractivity contribution in [3.05, 3.63) is 39.6 Å². The summed E-state index contributed by atoms with van der Waals surface area (Å²) < 4.78 is 2.59. The van der Waals surface area contributed by atoms with Gasteiger partial charge in [0.2, 0.25) is 0 Å². The van der Waals surface area contributed by atoms with Gasteiger partial charge in [-0.2, -0.15) is 5.10 Å². The van der Waals surface area contributed by atoms with Crippen molar-refractivity contribution in [3.63, 3.8) is 0 Å². The highest BCUT2D eigenvalue weighted by Gasteiger charge is 2.20. The van der Waals surface area contributed by atoms with Gasteiger partial charge in [-0.05, 0) is 47.7 Å². The van der Waals surface area contributed by atoms with Crippen LogP contribution in [0.5, 0.6) is 0 Å². The van der Waals surface area contributed by atoms with Crippen LogP contribution in [-0.4, -0.2) is 26.6 Å². The zero-order valence-electron chi connectivity index (χ0n) is 11.5. The number of hydrogen-bond acceptors (Lipinski definition) is 3. The summed E-state index contributed by atoms with van der Waals surface area (Å²) in [6.45, 7) is 5.80. The van der Waals surface area contributed by atoms with Gasteiger partial charge in [0.05, 0.1) is 27.1 Å². The van der Waals surface area contributed by atoms with Crippen molar-refractivity contribution in [1.82, 2.24) is 9.78 Å². The SMILES string of the molecule is CCSc1cccc(-n2nc(C)c(Br)c2C)c1C(=O)O. The molecule has 0 saturated carbocycles. The first kappa shape index (κ1) is 15.1. The van der Waals surface area contributed by atoms with Crippen molar-refractivity contribution in [2.24, 2.45) is 0 Å². The van der Waals surface area contributed by atoms with Gasteiger partial charge in [-0.15, -0.1) is 11.8 Å². The van der Waals surface area contributed by atoms with Crippen LogP contribution in [0.25, 0.3) is 5.69 Å². The maximum atomic E-state index is 11.6. The van der Waals surface area contributed by atoms with Crippen LogP contribution >= 0.6 is 27.7 Å². The smallest absolute Gasteiger partial charge is 0.339 e. The minimum Gasteiger partial charge on any atom is -0.478 e. The molecule has 0 aliphatic carbocycles. The molecule has 0 spiro atoms. The molecule has 0 saturated heterocycles. The van der Waals surface area contributed by atoms with Crippen LogP contribution in [0.3, 0.4) is 0 Å². The fourth-order valence-electron chi connectivity index (χ4n) is 2.05. The normalized spacial score (nSPS) is 10.8. The van der Waals surface area contributed by atoms with E-state index in [9.17, 15) is 9.90 Å². The Morgan fingerprint density at radius 1 is 1.45 bits per heavy atom. The summed E-state index contributed by atoms with van der Waals surface area (Å²) in [5.74, 6) is -0.106. The van der Waals surface area contributed by atoms with E-state index in [0.29, 0.717) is 11.3 Å². The van der Waals surface area contributed by atoms with Gasteiger partial charge in [0.15, 0.2) is 0 Å². The molecule has 1 aromatic heterocycles. The minimum atomic E-state index is -0.930. The van der Waals surface area contributed by atoms with E-state index >= 15 is 0 Å². The maximum Gasteiger partial charge on any atom is 0.339 e. The van der Waals surface area contributed by atoms with E-state index in [1.54, 1.807) is 10.7 Å². The number of hydrogen-bond donors (Lipinski definition) is 1. The van der Waals surface area contributed by atoms with Gasteiger partial charge < -0.3 is 5.11 Å². The van der Waals surface area contributed by atoms with Crippen molar-refractivity contribution in [2.75, 3.05) is 5.75 Å². The number of thioether (sulfide) groups is 1. The quantitative estimate of drug-likeness (QED) is 0.841. The van der Waals surface area contributed by atoms with Crippen LogP contribution in [0.1, 0.15) is 28.7 Å². The van der Waals surface area contributed by atoms with E-state index in [1.165, 1.54) is 11.8 Å². The van der Waals surface area contributed by atoms with Gasteiger partial charge >= 0.3 is 5.97 Å². The summed E-state index contributed by atoms with van der Waals surface area (Å²) in [7, 11) is 0. The molecule has 0 fully saturated rings. The lowest BCUT2D eigenvalue weighted by Crippen LogP contribution is -2.09. The van der Waals surface area contributed by atoms with Crippen molar-refractivity contribution < 1.29 is 9.90 Å². The van der Waals surface area contributed by atoms with Crippen LogP contribution in [0.15, 0.2) is 27.6 Å². The Kier molecular flexibility index (Phi) is 4.55. The molecular weight excluding hydrogens is 340 g/mol. The van der Waals surface area contributed by atoms with Crippen LogP contribution < -0.4 is 0 Å². The highest BCUT2D eigenvalue weighted by atomic mass is 79.9. The highest BCUT2D eigenvalue weighted by Crippen LogP contribution is 2.30. The molecule has 0 amide bonds. The second-order valence-corrected chi connectivity index (χ2v) is 6.38. The van der Waals surface area contributed by atoms with E-state index in [1.807, 2.05) is 32.9 Å². The van der Waals surface area contributed by atoms with Crippen molar-refractivity contribution >= 4 is 33.7 Å².